The minimum absolute atomic E-state index is 0.193. The van der Waals surface area contributed by atoms with E-state index in [2.05, 4.69) is 16.4 Å². The molecule has 0 amide bonds. The number of nitriles is 1. The number of nitrogens with one attached hydrogen (secondary N) is 1. The predicted molar refractivity (Wildman–Crippen MR) is 55.7 cm³/mol. The predicted octanol–water partition coefficient (Wildman–Crippen LogP) is 0.921. The van der Waals surface area contributed by atoms with Gasteiger partial charge in [0.25, 0.3) is 0 Å². The van der Waals surface area contributed by atoms with Crippen LogP contribution in [0.4, 0.5) is 0 Å². The van der Waals surface area contributed by atoms with Crippen LogP contribution in [-0.2, 0) is 0 Å². The van der Waals surface area contributed by atoms with Crippen LogP contribution in [0.1, 0.15) is 17.0 Å². The molecule has 0 bridgehead atoms. The average Bonchev–Trinajstić information content (AvgIpc) is 2.10. The molecule has 2 heterocycles. The highest BCUT2D eigenvalue weighted by Crippen LogP contribution is 2.23. The topological polar surface area (TPSA) is 57.9 Å². The summed E-state index contributed by atoms with van der Waals surface area (Å²) in [7, 11) is 0. The quantitative estimate of drug-likeness (QED) is 0.776. The number of hydrogen-bond acceptors (Lipinski definition) is 4. The van der Waals surface area contributed by atoms with Crippen molar-refractivity contribution >= 4 is 0 Å². The SMILES string of the molecule is Cc1cc(OC2CNC2)c(C#N)c(C)n1. The molecule has 1 aliphatic heterocycles. The number of ether oxygens (including phenoxy) is 1. The maximum atomic E-state index is 9.01. The zero-order valence-electron chi connectivity index (χ0n) is 8.87. The van der Waals surface area contributed by atoms with Crippen LogP contribution in [0.5, 0.6) is 5.75 Å². The Kier molecular flexibility index (Phi) is 2.57. The van der Waals surface area contributed by atoms with Gasteiger partial charge in [-0.25, -0.2) is 0 Å². The summed E-state index contributed by atoms with van der Waals surface area (Å²) in [6.45, 7) is 5.44. The van der Waals surface area contributed by atoms with Crippen LogP contribution in [0.3, 0.4) is 0 Å². The fraction of sp³-hybridized carbons (Fsp3) is 0.455. The fourth-order valence-corrected chi connectivity index (χ4v) is 1.55. The average molecular weight is 203 g/mol. The highest BCUT2D eigenvalue weighted by molar-refractivity contribution is 5.46. The van der Waals surface area contributed by atoms with E-state index in [0.717, 1.165) is 24.5 Å². The van der Waals surface area contributed by atoms with E-state index in [0.29, 0.717) is 11.3 Å². The molecule has 15 heavy (non-hydrogen) atoms. The Morgan fingerprint density at radius 3 is 2.80 bits per heavy atom. The molecule has 1 aromatic rings. The van der Waals surface area contributed by atoms with Crippen molar-refractivity contribution in [3.8, 4) is 11.8 Å². The first kappa shape index (κ1) is 9.94. The lowest BCUT2D eigenvalue weighted by Crippen LogP contribution is -2.50. The second-order valence-corrected chi connectivity index (χ2v) is 3.73. The van der Waals surface area contributed by atoms with E-state index in [9.17, 15) is 0 Å². The molecule has 0 unspecified atom stereocenters. The van der Waals surface area contributed by atoms with Crippen molar-refractivity contribution in [3.63, 3.8) is 0 Å². The molecule has 2 rings (SSSR count). The van der Waals surface area contributed by atoms with Gasteiger partial charge >= 0.3 is 0 Å². The first-order valence-corrected chi connectivity index (χ1v) is 4.96. The smallest absolute Gasteiger partial charge is 0.141 e. The van der Waals surface area contributed by atoms with E-state index in [-0.39, 0.29) is 6.10 Å². The van der Waals surface area contributed by atoms with Gasteiger partial charge in [0, 0.05) is 24.8 Å². The van der Waals surface area contributed by atoms with Crippen LogP contribution in [0, 0.1) is 25.2 Å². The Bertz CT molecular complexity index is 419. The minimum Gasteiger partial charge on any atom is -0.486 e. The standard InChI is InChI=1S/C11H13N3O/c1-7-3-11(15-9-5-13-6-9)10(4-12)8(2)14-7/h3,9,13H,5-6H2,1-2H3. The first-order valence-electron chi connectivity index (χ1n) is 4.96. The molecule has 1 N–H and O–H groups in total. The second-order valence-electron chi connectivity index (χ2n) is 3.73. The number of hydrogen-bond donors (Lipinski definition) is 1. The van der Waals surface area contributed by atoms with Gasteiger partial charge in [-0.05, 0) is 13.8 Å². The third kappa shape index (κ3) is 1.92. The van der Waals surface area contributed by atoms with E-state index in [1.807, 2.05) is 19.9 Å². The van der Waals surface area contributed by atoms with Crippen LogP contribution in [0.25, 0.3) is 0 Å². The van der Waals surface area contributed by atoms with E-state index < -0.39 is 0 Å². The van der Waals surface area contributed by atoms with Crippen LogP contribution in [-0.4, -0.2) is 24.2 Å². The van der Waals surface area contributed by atoms with Crippen LogP contribution < -0.4 is 10.1 Å². The monoisotopic (exact) mass is 203 g/mol. The molecule has 0 radical (unpaired) electrons. The highest BCUT2D eigenvalue weighted by atomic mass is 16.5. The summed E-state index contributed by atoms with van der Waals surface area (Å²) >= 11 is 0. The van der Waals surface area contributed by atoms with Gasteiger partial charge in [-0.3, -0.25) is 4.98 Å². The molecule has 4 nitrogen and oxygen atoms in total. The van der Waals surface area contributed by atoms with Gasteiger partial charge in [-0.15, -0.1) is 0 Å². The summed E-state index contributed by atoms with van der Waals surface area (Å²) < 4.78 is 5.71. The molecule has 4 heteroatoms. The molecular formula is C11H13N3O. The Morgan fingerprint density at radius 2 is 2.27 bits per heavy atom. The summed E-state index contributed by atoms with van der Waals surface area (Å²) in [6, 6.07) is 3.96. The summed E-state index contributed by atoms with van der Waals surface area (Å²) in [6.07, 6.45) is 0.193. The van der Waals surface area contributed by atoms with Gasteiger partial charge in [-0.1, -0.05) is 0 Å². The fourth-order valence-electron chi connectivity index (χ4n) is 1.55. The van der Waals surface area contributed by atoms with E-state index in [4.69, 9.17) is 10.00 Å². The Hall–Kier alpha value is -1.60. The van der Waals surface area contributed by atoms with E-state index in [1.165, 1.54) is 0 Å². The molecule has 1 aliphatic rings. The van der Waals surface area contributed by atoms with Crippen molar-refractivity contribution < 1.29 is 4.74 Å². The molecule has 1 saturated heterocycles. The van der Waals surface area contributed by atoms with Gasteiger partial charge in [-0.2, -0.15) is 5.26 Å². The summed E-state index contributed by atoms with van der Waals surface area (Å²) in [5.41, 5.74) is 2.17. The first-order chi connectivity index (χ1) is 7.20. The summed E-state index contributed by atoms with van der Waals surface area (Å²) in [5, 5.41) is 12.1. The zero-order chi connectivity index (χ0) is 10.8. The zero-order valence-corrected chi connectivity index (χ0v) is 8.87. The lowest BCUT2D eigenvalue weighted by molar-refractivity contribution is 0.141. The Labute approximate surface area is 88.9 Å². The highest BCUT2D eigenvalue weighted by Gasteiger charge is 2.20. The summed E-state index contributed by atoms with van der Waals surface area (Å²) in [4.78, 5) is 4.24. The lowest BCUT2D eigenvalue weighted by atomic mass is 10.1. The number of aryl methyl sites for hydroxylation is 2. The maximum Gasteiger partial charge on any atom is 0.141 e. The number of rotatable bonds is 2. The van der Waals surface area contributed by atoms with Gasteiger partial charge in [0.2, 0.25) is 0 Å². The molecule has 1 aromatic heterocycles. The molecule has 0 aromatic carbocycles. The molecule has 1 fully saturated rings. The number of nitrogens with zero attached hydrogens (tertiary/aromatic N) is 2. The third-order valence-corrected chi connectivity index (χ3v) is 2.44. The van der Waals surface area contributed by atoms with Crippen molar-refractivity contribution in [1.29, 1.82) is 5.26 Å². The van der Waals surface area contributed by atoms with Crippen molar-refractivity contribution in [3.05, 3.63) is 23.0 Å². The maximum absolute atomic E-state index is 9.01. The van der Waals surface area contributed by atoms with Gasteiger partial charge in [0.1, 0.15) is 23.5 Å². The van der Waals surface area contributed by atoms with Crippen LogP contribution in [0.15, 0.2) is 6.07 Å². The van der Waals surface area contributed by atoms with Crippen molar-refractivity contribution in [2.24, 2.45) is 0 Å². The molecule has 0 saturated carbocycles. The minimum atomic E-state index is 0.193. The summed E-state index contributed by atoms with van der Waals surface area (Å²) in [5.74, 6) is 0.661. The Morgan fingerprint density at radius 1 is 1.53 bits per heavy atom. The lowest BCUT2D eigenvalue weighted by Gasteiger charge is -2.28. The van der Waals surface area contributed by atoms with Crippen LogP contribution in [0.2, 0.25) is 0 Å². The van der Waals surface area contributed by atoms with E-state index in [1.54, 1.807) is 0 Å². The Balaban J connectivity index is 2.31. The van der Waals surface area contributed by atoms with Crippen LogP contribution >= 0.6 is 0 Å². The molecule has 78 valence electrons. The van der Waals surface area contributed by atoms with Crippen molar-refractivity contribution in [1.82, 2.24) is 10.3 Å². The normalized spacial score (nSPS) is 15.5. The second kappa shape index (κ2) is 3.87. The van der Waals surface area contributed by atoms with Gasteiger partial charge in [0.05, 0.1) is 5.69 Å². The van der Waals surface area contributed by atoms with Crippen molar-refractivity contribution in [2.45, 2.75) is 20.0 Å². The molecule has 0 spiro atoms. The number of pyridine rings is 1. The largest absolute Gasteiger partial charge is 0.486 e. The van der Waals surface area contributed by atoms with Gasteiger partial charge < -0.3 is 10.1 Å². The van der Waals surface area contributed by atoms with Gasteiger partial charge in [0.15, 0.2) is 0 Å². The van der Waals surface area contributed by atoms with Crippen molar-refractivity contribution in [2.75, 3.05) is 13.1 Å². The molecular weight excluding hydrogens is 190 g/mol. The van der Waals surface area contributed by atoms with E-state index >= 15 is 0 Å². The number of aromatic nitrogens is 1. The molecule has 0 atom stereocenters. The third-order valence-electron chi connectivity index (χ3n) is 2.44. The molecule has 0 aliphatic carbocycles.